The first-order valence-electron chi connectivity index (χ1n) is 11.6. The van der Waals surface area contributed by atoms with Crippen molar-refractivity contribution in [2.24, 2.45) is 11.3 Å². The van der Waals surface area contributed by atoms with Crippen molar-refractivity contribution in [1.29, 1.82) is 0 Å². The van der Waals surface area contributed by atoms with Gasteiger partial charge in [0.05, 0.1) is 5.41 Å². The van der Waals surface area contributed by atoms with Crippen LogP contribution in [0.5, 0.6) is 0 Å². The Hall–Kier alpha value is -0.313. The van der Waals surface area contributed by atoms with Crippen LogP contribution in [-0.4, -0.2) is 16.5 Å². The molecule has 0 radical (unpaired) electrons. The summed E-state index contributed by atoms with van der Waals surface area (Å²) in [5.74, 6) is 0.581. The van der Waals surface area contributed by atoms with Gasteiger partial charge in [-0.15, -0.1) is 0 Å². The summed E-state index contributed by atoms with van der Waals surface area (Å²) in [6.45, 7) is 8.99. The lowest BCUT2D eigenvalue weighted by Gasteiger charge is -2.36. The van der Waals surface area contributed by atoms with E-state index in [0.29, 0.717) is 16.4 Å². The van der Waals surface area contributed by atoms with Gasteiger partial charge in [-0.2, -0.15) is 0 Å². The Bertz CT molecular complexity index is 332. The highest BCUT2D eigenvalue weighted by atomic mass is 28.2. The van der Waals surface area contributed by atoms with Crippen LogP contribution < -0.4 is 0 Å². The summed E-state index contributed by atoms with van der Waals surface area (Å²) in [6, 6.07) is 0. The Balaban J connectivity index is 4.58. The lowest BCUT2D eigenvalue weighted by Crippen LogP contribution is -2.37. The van der Waals surface area contributed by atoms with Gasteiger partial charge in [-0.3, -0.25) is 4.79 Å². The highest BCUT2D eigenvalue weighted by molar-refractivity contribution is 6.06. The first-order chi connectivity index (χ1) is 12.6. The number of carbonyl (C=O) groups excluding carboxylic acids is 1. The van der Waals surface area contributed by atoms with Crippen molar-refractivity contribution in [1.82, 2.24) is 0 Å². The molecule has 2 nitrogen and oxygen atoms in total. The van der Waals surface area contributed by atoms with Crippen molar-refractivity contribution < 1.29 is 9.22 Å². The van der Waals surface area contributed by atoms with Gasteiger partial charge in [0, 0.05) is 0 Å². The first-order valence-corrected chi connectivity index (χ1v) is 12.5. The normalized spacial score (nSPS) is 14.9. The van der Waals surface area contributed by atoms with Gasteiger partial charge >= 0.3 is 0 Å². The Kier molecular flexibility index (Phi) is 16.6. The third kappa shape index (κ3) is 10.7. The quantitative estimate of drug-likeness (QED) is 0.193. The molecule has 26 heavy (non-hydrogen) atoms. The molecule has 156 valence electrons. The SMILES string of the molecule is CCCCCCCCC(CCC)C(C)(CCCCCCCC)C(=O)O[SiH3]. The van der Waals surface area contributed by atoms with Crippen molar-refractivity contribution >= 4 is 16.5 Å². The maximum atomic E-state index is 12.7. The van der Waals surface area contributed by atoms with E-state index in [1.165, 1.54) is 89.9 Å². The van der Waals surface area contributed by atoms with E-state index in [-0.39, 0.29) is 11.4 Å². The van der Waals surface area contributed by atoms with E-state index in [4.69, 9.17) is 4.43 Å². The Labute approximate surface area is 167 Å². The van der Waals surface area contributed by atoms with Crippen LogP contribution in [-0.2, 0) is 9.22 Å². The molecule has 0 amide bonds. The van der Waals surface area contributed by atoms with E-state index in [9.17, 15) is 4.79 Å². The molecule has 0 aliphatic carbocycles. The van der Waals surface area contributed by atoms with Crippen LogP contribution in [0.2, 0.25) is 0 Å². The zero-order chi connectivity index (χ0) is 19.7. The molecule has 0 saturated heterocycles. The second-order valence-corrected chi connectivity index (χ2v) is 8.88. The molecule has 0 saturated carbocycles. The molecular weight excluding hydrogens is 336 g/mol. The maximum absolute atomic E-state index is 12.7. The van der Waals surface area contributed by atoms with Gasteiger partial charge in [-0.05, 0) is 32.1 Å². The van der Waals surface area contributed by atoms with Crippen molar-refractivity contribution in [2.45, 2.75) is 130 Å². The largest absolute Gasteiger partial charge is 0.528 e. The van der Waals surface area contributed by atoms with E-state index in [1.54, 1.807) is 0 Å². The minimum Gasteiger partial charge on any atom is -0.528 e. The standard InChI is InChI=1S/C23H48O2Si/c1-5-8-10-12-14-16-19-21(18-7-3)23(4,22(24)25-26)20-17-15-13-11-9-6-2/h21H,5-20H2,1-4,26H3. The minimum absolute atomic E-state index is 0.0853. The summed E-state index contributed by atoms with van der Waals surface area (Å²) in [5, 5.41) is 0. The average molecular weight is 385 g/mol. The number of hydrogen-bond donors (Lipinski definition) is 0. The van der Waals surface area contributed by atoms with E-state index >= 15 is 0 Å². The van der Waals surface area contributed by atoms with E-state index in [0.717, 1.165) is 12.8 Å². The molecule has 0 aromatic heterocycles. The van der Waals surface area contributed by atoms with Crippen LogP contribution in [0.1, 0.15) is 130 Å². The summed E-state index contributed by atoms with van der Waals surface area (Å²) in [7, 11) is 0.521. The highest BCUT2D eigenvalue weighted by Gasteiger charge is 2.40. The number of hydrogen-bond acceptors (Lipinski definition) is 2. The van der Waals surface area contributed by atoms with Crippen LogP contribution in [0.25, 0.3) is 0 Å². The smallest absolute Gasteiger partial charge is 0.298 e. The van der Waals surface area contributed by atoms with Gasteiger partial charge in [0.15, 0.2) is 0 Å². The lowest BCUT2D eigenvalue weighted by atomic mass is 9.69. The molecule has 0 bridgehead atoms. The third-order valence-corrected chi connectivity index (χ3v) is 6.52. The zero-order valence-corrected chi connectivity index (χ0v) is 20.7. The van der Waals surface area contributed by atoms with Crippen molar-refractivity contribution in [3.63, 3.8) is 0 Å². The van der Waals surface area contributed by atoms with Gasteiger partial charge in [-0.1, -0.05) is 104 Å². The predicted molar refractivity (Wildman–Crippen MR) is 119 cm³/mol. The lowest BCUT2D eigenvalue weighted by molar-refractivity contribution is -0.149. The summed E-state index contributed by atoms with van der Waals surface area (Å²) < 4.78 is 5.40. The van der Waals surface area contributed by atoms with Gasteiger partial charge in [0.1, 0.15) is 0 Å². The molecule has 0 fully saturated rings. The number of rotatable bonds is 18. The Morgan fingerprint density at radius 2 is 1.27 bits per heavy atom. The minimum atomic E-state index is -0.258. The van der Waals surface area contributed by atoms with Crippen LogP contribution in [0, 0.1) is 11.3 Å². The van der Waals surface area contributed by atoms with Gasteiger partial charge in [-0.25, -0.2) is 0 Å². The van der Waals surface area contributed by atoms with E-state index in [1.807, 2.05) is 0 Å². The van der Waals surface area contributed by atoms with Crippen molar-refractivity contribution in [3.05, 3.63) is 0 Å². The van der Waals surface area contributed by atoms with Crippen LogP contribution in [0.15, 0.2) is 0 Å². The fraction of sp³-hybridized carbons (Fsp3) is 0.957. The molecule has 2 unspecified atom stereocenters. The van der Waals surface area contributed by atoms with Crippen LogP contribution in [0.3, 0.4) is 0 Å². The summed E-state index contributed by atoms with van der Waals surface area (Å²) >= 11 is 0. The van der Waals surface area contributed by atoms with Crippen molar-refractivity contribution in [3.8, 4) is 0 Å². The molecule has 0 aliphatic heterocycles. The van der Waals surface area contributed by atoms with E-state index < -0.39 is 0 Å². The van der Waals surface area contributed by atoms with Crippen LogP contribution >= 0.6 is 0 Å². The Morgan fingerprint density at radius 3 is 1.77 bits per heavy atom. The fourth-order valence-electron chi connectivity index (χ4n) is 4.28. The molecule has 0 aromatic carbocycles. The van der Waals surface area contributed by atoms with Crippen molar-refractivity contribution in [2.75, 3.05) is 0 Å². The van der Waals surface area contributed by atoms with E-state index in [2.05, 4.69) is 27.7 Å². The average Bonchev–Trinajstić information content (AvgIpc) is 2.65. The molecular formula is C23H48O2Si. The fourth-order valence-corrected chi connectivity index (χ4v) is 4.75. The first kappa shape index (κ1) is 25.7. The Morgan fingerprint density at radius 1 is 0.769 bits per heavy atom. The second-order valence-electron chi connectivity index (χ2n) is 8.47. The molecule has 3 heteroatoms. The molecule has 2 atom stereocenters. The van der Waals surface area contributed by atoms with Gasteiger partial charge < -0.3 is 4.43 Å². The number of carbonyl (C=O) groups is 1. The predicted octanol–water partition coefficient (Wildman–Crippen LogP) is 6.73. The van der Waals surface area contributed by atoms with Gasteiger partial charge in [0.25, 0.3) is 5.97 Å². The number of unbranched alkanes of at least 4 members (excludes halogenated alkanes) is 10. The summed E-state index contributed by atoms with van der Waals surface area (Å²) in [4.78, 5) is 12.7. The molecule has 0 aromatic rings. The third-order valence-electron chi connectivity index (χ3n) is 6.15. The second kappa shape index (κ2) is 16.8. The summed E-state index contributed by atoms with van der Waals surface area (Å²) in [5.41, 5.74) is -0.258. The van der Waals surface area contributed by atoms with Gasteiger partial charge in [0.2, 0.25) is 10.5 Å². The summed E-state index contributed by atoms with van der Waals surface area (Å²) in [6.07, 6.45) is 20.3. The topological polar surface area (TPSA) is 26.3 Å². The zero-order valence-electron chi connectivity index (χ0n) is 18.7. The monoisotopic (exact) mass is 384 g/mol. The molecule has 0 heterocycles. The highest BCUT2D eigenvalue weighted by Crippen LogP contribution is 2.40. The molecule has 0 N–H and O–H groups in total. The maximum Gasteiger partial charge on any atom is 0.298 e. The molecule has 0 spiro atoms. The molecule has 0 aliphatic rings. The molecule has 0 rings (SSSR count). The van der Waals surface area contributed by atoms with Crippen LogP contribution in [0.4, 0.5) is 0 Å².